The highest BCUT2D eigenvalue weighted by Gasteiger charge is 2.52. The summed E-state index contributed by atoms with van der Waals surface area (Å²) in [5.41, 5.74) is 1.26. The minimum Gasteiger partial charge on any atom is -0.483 e. The maximum Gasteiger partial charge on any atom is 0.290 e. The lowest BCUT2D eigenvalue weighted by atomic mass is 9.74. The van der Waals surface area contributed by atoms with Gasteiger partial charge in [-0.05, 0) is 37.3 Å². The van der Waals surface area contributed by atoms with Crippen LogP contribution in [0.2, 0.25) is 0 Å². The minimum atomic E-state index is -0.458. The van der Waals surface area contributed by atoms with Gasteiger partial charge in [0.15, 0.2) is 11.5 Å². The molecule has 4 heterocycles. The van der Waals surface area contributed by atoms with E-state index in [2.05, 4.69) is 16.8 Å². The molecule has 4 aliphatic rings. The number of ether oxygens (including phenoxy) is 2. The van der Waals surface area contributed by atoms with Crippen LogP contribution in [0.4, 0.5) is 0 Å². The Morgan fingerprint density at radius 3 is 2.73 bits per heavy atom. The van der Waals surface area contributed by atoms with Crippen LogP contribution in [-0.2, 0) is 19.1 Å². The van der Waals surface area contributed by atoms with E-state index >= 15 is 0 Å². The summed E-state index contributed by atoms with van der Waals surface area (Å²) in [7, 11) is 0. The Bertz CT molecular complexity index is 849. The Hall–Kier alpha value is -2.25. The summed E-state index contributed by atoms with van der Waals surface area (Å²) in [6.07, 6.45) is 4.26. The van der Waals surface area contributed by atoms with Gasteiger partial charge in [0.2, 0.25) is 0 Å². The first-order chi connectivity index (χ1) is 14.6. The van der Waals surface area contributed by atoms with Gasteiger partial charge in [-0.3, -0.25) is 19.5 Å². The van der Waals surface area contributed by atoms with Crippen molar-refractivity contribution in [2.45, 2.75) is 38.3 Å². The zero-order valence-corrected chi connectivity index (χ0v) is 17.5. The van der Waals surface area contributed by atoms with E-state index in [0.717, 1.165) is 57.8 Å². The number of pyridine rings is 1. The highest BCUT2D eigenvalue weighted by Crippen LogP contribution is 2.47. The monoisotopic (exact) mass is 411 g/mol. The number of morpholine rings is 1. The molecule has 2 fully saturated rings. The van der Waals surface area contributed by atoms with Crippen molar-refractivity contribution < 1.29 is 19.1 Å². The highest BCUT2D eigenvalue weighted by molar-refractivity contribution is 6.11. The summed E-state index contributed by atoms with van der Waals surface area (Å²) in [6.45, 7) is 6.64. The van der Waals surface area contributed by atoms with Crippen LogP contribution in [0.3, 0.4) is 0 Å². The lowest BCUT2D eigenvalue weighted by Crippen LogP contribution is -2.43. The van der Waals surface area contributed by atoms with Crippen molar-refractivity contribution in [3.05, 3.63) is 41.4 Å². The lowest BCUT2D eigenvalue weighted by molar-refractivity contribution is -0.136. The fourth-order valence-electron chi connectivity index (χ4n) is 5.27. The lowest BCUT2D eigenvalue weighted by Gasteiger charge is -2.37. The van der Waals surface area contributed by atoms with Gasteiger partial charge >= 0.3 is 0 Å². The molecule has 7 nitrogen and oxygen atoms in total. The zero-order valence-electron chi connectivity index (χ0n) is 17.5. The molecule has 1 amide bonds. The third-order valence-electron chi connectivity index (χ3n) is 6.93. The number of rotatable bonds is 4. The maximum absolute atomic E-state index is 13.6. The van der Waals surface area contributed by atoms with Gasteiger partial charge < -0.3 is 14.4 Å². The van der Waals surface area contributed by atoms with Gasteiger partial charge in [-0.2, -0.15) is 0 Å². The molecule has 1 aliphatic carbocycles. The fourth-order valence-corrected chi connectivity index (χ4v) is 5.27. The molecule has 160 valence electrons. The molecule has 7 heteroatoms. The third-order valence-corrected chi connectivity index (χ3v) is 6.93. The van der Waals surface area contributed by atoms with Crippen molar-refractivity contribution in [3.63, 3.8) is 0 Å². The van der Waals surface area contributed by atoms with Gasteiger partial charge in [0, 0.05) is 32.4 Å². The number of fused-ring (bicyclic) bond motifs is 1. The number of hydrogen-bond acceptors (Lipinski definition) is 6. The van der Waals surface area contributed by atoms with Gasteiger partial charge in [-0.1, -0.05) is 13.0 Å². The van der Waals surface area contributed by atoms with Crippen LogP contribution in [0.15, 0.2) is 35.7 Å². The van der Waals surface area contributed by atoms with E-state index in [-0.39, 0.29) is 29.5 Å². The van der Waals surface area contributed by atoms with E-state index in [1.165, 1.54) is 0 Å². The average molecular weight is 412 g/mol. The second-order valence-electron chi connectivity index (χ2n) is 8.90. The summed E-state index contributed by atoms with van der Waals surface area (Å²) >= 11 is 0. The molecule has 4 unspecified atom stereocenters. The molecule has 4 atom stereocenters. The predicted molar refractivity (Wildman–Crippen MR) is 109 cm³/mol. The van der Waals surface area contributed by atoms with Crippen molar-refractivity contribution in [2.24, 2.45) is 11.8 Å². The van der Waals surface area contributed by atoms with Crippen molar-refractivity contribution >= 4 is 11.7 Å². The van der Waals surface area contributed by atoms with Crippen LogP contribution in [-0.4, -0.2) is 72.0 Å². The minimum absolute atomic E-state index is 0.0886. The molecule has 1 aromatic rings. The molecule has 1 aromatic heterocycles. The highest BCUT2D eigenvalue weighted by atomic mass is 16.5. The van der Waals surface area contributed by atoms with Crippen LogP contribution in [0, 0.1) is 11.8 Å². The Balaban J connectivity index is 1.46. The SMILES string of the molecule is CC1CCC2OC3=C(C(=O)C2C1)C(c1ccccn1)N(CCN1CCOCC1)C3=O. The molecule has 0 aromatic carbocycles. The predicted octanol–water partition coefficient (Wildman–Crippen LogP) is 1.96. The van der Waals surface area contributed by atoms with Gasteiger partial charge in [0.25, 0.3) is 5.91 Å². The smallest absolute Gasteiger partial charge is 0.290 e. The number of amides is 1. The number of carbonyl (C=O) groups is 2. The number of hydrogen-bond donors (Lipinski definition) is 0. The summed E-state index contributed by atoms with van der Waals surface area (Å²) in [5.74, 6) is 0.549. The number of nitrogens with zero attached hydrogens (tertiary/aromatic N) is 3. The van der Waals surface area contributed by atoms with Gasteiger partial charge in [0.1, 0.15) is 12.1 Å². The first-order valence-electron chi connectivity index (χ1n) is 11.1. The third kappa shape index (κ3) is 3.44. The standard InChI is InChI=1S/C23H29N3O4/c1-15-5-6-18-16(14-15)21(27)19-20(17-4-2-3-7-24-17)26(23(28)22(19)30-18)9-8-25-10-12-29-13-11-25/h2-4,7,15-16,18,20H,5-6,8-14H2,1H3. The topological polar surface area (TPSA) is 72.0 Å². The van der Waals surface area contributed by atoms with E-state index in [1.807, 2.05) is 18.2 Å². The van der Waals surface area contributed by atoms with Crippen LogP contribution in [0.25, 0.3) is 0 Å². The van der Waals surface area contributed by atoms with Crippen molar-refractivity contribution in [1.29, 1.82) is 0 Å². The average Bonchev–Trinajstić information content (AvgIpc) is 3.06. The molecule has 0 bridgehead atoms. The Morgan fingerprint density at radius 2 is 1.97 bits per heavy atom. The fraction of sp³-hybridized carbons (Fsp3) is 0.609. The molecule has 0 spiro atoms. The molecule has 1 saturated heterocycles. The van der Waals surface area contributed by atoms with Crippen LogP contribution >= 0.6 is 0 Å². The molecule has 1 saturated carbocycles. The summed E-state index contributed by atoms with van der Waals surface area (Å²) < 4.78 is 11.7. The van der Waals surface area contributed by atoms with Crippen LogP contribution < -0.4 is 0 Å². The molecule has 5 rings (SSSR count). The first kappa shape index (κ1) is 19.7. The molecule has 3 aliphatic heterocycles. The molecular formula is C23H29N3O4. The van der Waals surface area contributed by atoms with Gasteiger partial charge in [-0.25, -0.2) is 0 Å². The van der Waals surface area contributed by atoms with Gasteiger partial charge in [0.05, 0.1) is 30.4 Å². The van der Waals surface area contributed by atoms with E-state index in [1.54, 1.807) is 11.1 Å². The van der Waals surface area contributed by atoms with Crippen LogP contribution in [0.5, 0.6) is 0 Å². The van der Waals surface area contributed by atoms with E-state index in [9.17, 15) is 9.59 Å². The number of Topliss-reactive ketones (excluding diaryl/α,β-unsaturated/α-hetero) is 1. The van der Waals surface area contributed by atoms with E-state index in [0.29, 0.717) is 18.0 Å². The van der Waals surface area contributed by atoms with E-state index < -0.39 is 6.04 Å². The summed E-state index contributed by atoms with van der Waals surface area (Å²) in [4.78, 5) is 35.6. The number of ketones is 1. The van der Waals surface area contributed by atoms with Gasteiger partial charge in [-0.15, -0.1) is 0 Å². The number of aromatic nitrogens is 1. The van der Waals surface area contributed by atoms with Crippen molar-refractivity contribution in [3.8, 4) is 0 Å². The molecule has 0 N–H and O–H groups in total. The largest absolute Gasteiger partial charge is 0.483 e. The van der Waals surface area contributed by atoms with E-state index in [4.69, 9.17) is 9.47 Å². The normalized spacial score (nSPS) is 32.1. The zero-order chi connectivity index (χ0) is 20.7. The number of carbonyl (C=O) groups excluding carboxylic acids is 2. The second-order valence-corrected chi connectivity index (χ2v) is 8.90. The quantitative estimate of drug-likeness (QED) is 0.754. The summed E-state index contributed by atoms with van der Waals surface area (Å²) in [6, 6.07) is 5.20. The molecular weight excluding hydrogens is 382 g/mol. The Labute approximate surface area is 177 Å². The van der Waals surface area contributed by atoms with Crippen LogP contribution in [0.1, 0.15) is 37.9 Å². The Morgan fingerprint density at radius 1 is 1.13 bits per heavy atom. The Kier molecular flexibility index (Phi) is 5.33. The molecule has 30 heavy (non-hydrogen) atoms. The second kappa shape index (κ2) is 8.12. The van der Waals surface area contributed by atoms with Crippen molar-refractivity contribution in [1.82, 2.24) is 14.8 Å². The first-order valence-corrected chi connectivity index (χ1v) is 11.1. The molecule has 0 radical (unpaired) electrons. The maximum atomic E-state index is 13.6. The summed E-state index contributed by atoms with van der Waals surface area (Å²) in [5, 5.41) is 0. The van der Waals surface area contributed by atoms with Crippen molar-refractivity contribution in [2.75, 3.05) is 39.4 Å².